The zero-order valence-electron chi connectivity index (χ0n) is 12.1. The van der Waals surface area contributed by atoms with E-state index in [-0.39, 0.29) is 0 Å². The molecular weight excluding hydrogens is 262 g/mol. The van der Waals surface area contributed by atoms with Gasteiger partial charge in [0.05, 0.1) is 23.0 Å². The number of hydrogen-bond donors (Lipinski definition) is 1. The topological polar surface area (TPSA) is 39.1 Å². The summed E-state index contributed by atoms with van der Waals surface area (Å²) in [7, 11) is 1.96. The molecule has 1 aromatic heterocycles. The maximum absolute atomic E-state index is 6.34. The summed E-state index contributed by atoms with van der Waals surface area (Å²) in [6.45, 7) is 6.88. The molecule has 2 unspecified atom stereocenters. The summed E-state index contributed by atoms with van der Waals surface area (Å²) in [6.07, 6.45) is 3.17. The third-order valence-electron chi connectivity index (χ3n) is 3.85. The van der Waals surface area contributed by atoms with E-state index in [1.54, 1.807) is 0 Å². The molecule has 5 heteroatoms. The molecule has 19 heavy (non-hydrogen) atoms. The van der Waals surface area contributed by atoms with Crippen LogP contribution in [0.1, 0.15) is 31.2 Å². The lowest BCUT2D eigenvalue weighted by Crippen LogP contribution is -2.44. The molecule has 0 radical (unpaired) electrons. The molecule has 0 spiro atoms. The van der Waals surface area contributed by atoms with E-state index in [2.05, 4.69) is 17.3 Å². The average Bonchev–Trinajstić information content (AvgIpc) is 2.64. The van der Waals surface area contributed by atoms with Crippen molar-refractivity contribution in [3.8, 4) is 0 Å². The molecule has 1 aromatic rings. The second kappa shape index (κ2) is 6.73. The minimum absolute atomic E-state index is 0.479. The molecule has 0 saturated carbocycles. The molecule has 2 rings (SSSR count). The number of nitrogens with one attached hydrogen (secondary N) is 1. The van der Waals surface area contributed by atoms with Crippen molar-refractivity contribution in [2.45, 2.75) is 39.2 Å². The molecule has 1 saturated heterocycles. The number of rotatable bonds is 5. The highest BCUT2D eigenvalue weighted by molar-refractivity contribution is 6.31. The van der Waals surface area contributed by atoms with Crippen LogP contribution in [0, 0.1) is 12.8 Å². The first-order chi connectivity index (χ1) is 9.13. The van der Waals surface area contributed by atoms with Crippen molar-refractivity contribution in [2.24, 2.45) is 13.0 Å². The van der Waals surface area contributed by atoms with Crippen LogP contribution in [0.4, 0.5) is 0 Å². The van der Waals surface area contributed by atoms with Crippen LogP contribution < -0.4 is 5.32 Å². The summed E-state index contributed by atoms with van der Waals surface area (Å²) in [4.78, 5) is 0. The highest BCUT2D eigenvalue weighted by atomic mass is 35.5. The van der Waals surface area contributed by atoms with Gasteiger partial charge in [-0.25, -0.2) is 0 Å². The Morgan fingerprint density at radius 3 is 2.95 bits per heavy atom. The molecule has 0 amide bonds. The molecule has 1 aliphatic heterocycles. The number of aryl methyl sites for hydroxylation is 2. The Bertz CT molecular complexity index is 419. The fourth-order valence-corrected chi connectivity index (χ4v) is 2.98. The van der Waals surface area contributed by atoms with Gasteiger partial charge in [-0.15, -0.1) is 0 Å². The van der Waals surface area contributed by atoms with Crippen molar-refractivity contribution in [1.82, 2.24) is 15.1 Å². The van der Waals surface area contributed by atoms with Crippen molar-refractivity contribution in [1.29, 1.82) is 0 Å². The quantitative estimate of drug-likeness (QED) is 0.902. The van der Waals surface area contributed by atoms with Crippen LogP contribution >= 0.6 is 11.6 Å². The summed E-state index contributed by atoms with van der Waals surface area (Å²) >= 11 is 6.34. The van der Waals surface area contributed by atoms with E-state index in [0.717, 1.165) is 55.4 Å². The number of halogens is 1. The predicted molar refractivity (Wildman–Crippen MR) is 77.7 cm³/mol. The van der Waals surface area contributed by atoms with Gasteiger partial charge >= 0.3 is 0 Å². The standard InChI is InChI=1S/C14H24ClN3O/c1-4-6-16-12-5-7-19-9-11(12)8-13-14(15)10(2)17-18(13)3/h11-12,16H,4-9H2,1-3H3. The molecule has 2 atom stereocenters. The maximum atomic E-state index is 6.34. The van der Waals surface area contributed by atoms with E-state index in [0.29, 0.717) is 12.0 Å². The van der Waals surface area contributed by atoms with Crippen LogP contribution in [0.15, 0.2) is 0 Å². The van der Waals surface area contributed by atoms with Gasteiger partial charge in [-0.1, -0.05) is 18.5 Å². The van der Waals surface area contributed by atoms with Crippen molar-refractivity contribution in [3.63, 3.8) is 0 Å². The number of hydrogen-bond acceptors (Lipinski definition) is 3. The molecular formula is C14H24ClN3O. The van der Waals surface area contributed by atoms with Crippen LogP contribution in [-0.4, -0.2) is 35.6 Å². The van der Waals surface area contributed by atoms with Gasteiger partial charge in [0.15, 0.2) is 0 Å². The second-order valence-corrected chi connectivity index (χ2v) is 5.74. The summed E-state index contributed by atoms with van der Waals surface area (Å²) < 4.78 is 7.54. The smallest absolute Gasteiger partial charge is 0.0847 e. The largest absolute Gasteiger partial charge is 0.381 e. The zero-order valence-corrected chi connectivity index (χ0v) is 12.8. The zero-order chi connectivity index (χ0) is 13.8. The lowest BCUT2D eigenvalue weighted by molar-refractivity contribution is 0.0316. The molecule has 1 N–H and O–H groups in total. The third kappa shape index (κ3) is 3.50. The van der Waals surface area contributed by atoms with E-state index in [1.807, 2.05) is 18.7 Å². The Balaban J connectivity index is 2.06. The molecule has 0 bridgehead atoms. The van der Waals surface area contributed by atoms with Crippen LogP contribution in [0.3, 0.4) is 0 Å². The van der Waals surface area contributed by atoms with Crippen molar-refractivity contribution < 1.29 is 4.74 Å². The van der Waals surface area contributed by atoms with Crippen molar-refractivity contribution in [3.05, 3.63) is 16.4 Å². The Morgan fingerprint density at radius 2 is 2.32 bits per heavy atom. The van der Waals surface area contributed by atoms with Gasteiger partial charge in [-0.2, -0.15) is 5.10 Å². The normalized spacial score (nSPS) is 23.8. The first-order valence-corrected chi connectivity index (χ1v) is 7.50. The summed E-state index contributed by atoms with van der Waals surface area (Å²) in [6, 6.07) is 0.528. The lowest BCUT2D eigenvalue weighted by atomic mass is 9.91. The van der Waals surface area contributed by atoms with Crippen LogP contribution in [0.2, 0.25) is 5.02 Å². The number of nitrogens with zero attached hydrogens (tertiary/aromatic N) is 2. The number of aromatic nitrogens is 2. The van der Waals surface area contributed by atoms with E-state index in [4.69, 9.17) is 16.3 Å². The first kappa shape index (κ1) is 14.8. The maximum Gasteiger partial charge on any atom is 0.0847 e. The van der Waals surface area contributed by atoms with Gasteiger partial charge in [-0.3, -0.25) is 4.68 Å². The molecule has 4 nitrogen and oxygen atoms in total. The van der Waals surface area contributed by atoms with Gasteiger partial charge in [0.2, 0.25) is 0 Å². The summed E-state index contributed by atoms with van der Waals surface area (Å²) in [5.41, 5.74) is 2.03. The van der Waals surface area contributed by atoms with Gasteiger partial charge in [0.1, 0.15) is 0 Å². The van der Waals surface area contributed by atoms with Gasteiger partial charge in [0, 0.05) is 25.6 Å². The summed E-state index contributed by atoms with van der Waals surface area (Å²) in [5.74, 6) is 0.479. The average molecular weight is 286 g/mol. The Kier molecular flexibility index (Phi) is 5.25. The minimum atomic E-state index is 0.479. The first-order valence-electron chi connectivity index (χ1n) is 7.12. The highest BCUT2D eigenvalue weighted by Gasteiger charge is 2.27. The van der Waals surface area contributed by atoms with Crippen molar-refractivity contribution >= 4 is 11.6 Å². The van der Waals surface area contributed by atoms with Crippen LogP contribution in [0.5, 0.6) is 0 Å². The molecule has 0 aliphatic carbocycles. The van der Waals surface area contributed by atoms with Crippen LogP contribution in [0.25, 0.3) is 0 Å². The third-order valence-corrected chi connectivity index (χ3v) is 4.34. The molecule has 1 aliphatic rings. The minimum Gasteiger partial charge on any atom is -0.381 e. The van der Waals surface area contributed by atoms with Crippen molar-refractivity contribution in [2.75, 3.05) is 19.8 Å². The predicted octanol–water partition coefficient (Wildman–Crippen LogP) is 2.33. The highest BCUT2D eigenvalue weighted by Crippen LogP contribution is 2.26. The fourth-order valence-electron chi connectivity index (χ4n) is 2.75. The second-order valence-electron chi connectivity index (χ2n) is 5.36. The van der Waals surface area contributed by atoms with E-state index in [9.17, 15) is 0 Å². The SMILES string of the molecule is CCCNC1CCOCC1Cc1c(Cl)c(C)nn1C. The number of ether oxygens (including phenoxy) is 1. The monoisotopic (exact) mass is 285 g/mol. The Labute approximate surface area is 120 Å². The molecule has 1 fully saturated rings. The van der Waals surface area contributed by atoms with Gasteiger partial charge in [0.25, 0.3) is 0 Å². The summed E-state index contributed by atoms with van der Waals surface area (Å²) in [5, 5.41) is 8.83. The Hall–Kier alpha value is -0.580. The lowest BCUT2D eigenvalue weighted by Gasteiger charge is -2.32. The van der Waals surface area contributed by atoms with Gasteiger partial charge < -0.3 is 10.1 Å². The fraction of sp³-hybridized carbons (Fsp3) is 0.786. The molecule has 0 aromatic carbocycles. The Morgan fingerprint density at radius 1 is 1.53 bits per heavy atom. The van der Waals surface area contributed by atoms with E-state index in [1.165, 1.54) is 0 Å². The molecule has 108 valence electrons. The van der Waals surface area contributed by atoms with Gasteiger partial charge in [-0.05, 0) is 32.7 Å². The van der Waals surface area contributed by atoms with E-state index >= 15 is 0 Å². The van der Waals surface area contributed by atoms with Crippen LogP contribution in [-0.2, 0) is 18.2 Å². The van der Waals surface area contributed by atoms with E-state index < -0.39 is 0 Å². The molecule has 2 heterocycles.